The van der Waals surface area contributed by atoms with E-state index in [9.17, 15) is 14.4 Å². The summed E-state index contributed by atoms with van der Waals surface area (Å²) < 4.78 is 16.5. The predicted molar refractivity (Wildman–Crippen MR) is 106 cm³/mol. The second kappa shape index (κ2) is 8.68. The van der Waals surface area contributed by atoms with E-state index in [2.05, 4.69) is 0 Å². The number of hydrogen-bond acceptors (Lipinski definition) is 6. The van der Waals surface area contributed by atoms with E-state index in [4.69, 9.17) is 19.3 Å². The third-order valence-corrected chi connectivity index (χ3v) is 4.82. The van der Waals surface area contributed by atoms with Gasteiger partial charge in [-0.25, -0.2) is 4.79 Å². The van der Waals surface area contributed by atoms with Gasteiger partial charge in [0.15, 0.2) is 5.75 Å². The molecule has 29 heavy (non-hydrogen) atoms. The summed E-state index contributed by atoms with van der Waals surface area (Å²) in [6.45, 7) is 8.97. The van der Waals surface area contributed by atoms with Gasteiger partial charge in [0.1, 0.15) is 17.9 Å². The Morgan fingerprint density at radius 1 is 1.21 bits per heavy atom. The number of aliphatic carboxylic acids is 1. The van der Waals surface area contributed by atoms with E-state index in [1.807, 2.05) is 19.9 Å². The number of esters is 2. The fraction of sp³-hybridized carbons (Fsp3) is 0.500. The Bertz CT molecular complexity index is 872. The van der Waals surface area contributed by atoms with Crippen molar-refractivity contribution in [2.75, 3.05) is 7.11 Å². The van der Waals surface area contributed by atoms with Crippen LogP contribution in [0.25, 0.3) is 0 Å². The first-order chi connectivity index (χ1) is 13.5. The molecule has 1 aromatic carbocycles. The molecule has 0 radical (unpaired) electrons. The zero-order valence-corrected chi connectivity index (χ0v) is 17.8. The normalized spacial score (nSPS) is 13.7. The standard InChI is InChI=1S/C22H28O7/c1-12(8-10-16(23)24)7-9-14-18(27-6)13(2)15-11-28-20(25)17(15)19(14)29-21(26)22(3,4)5/h7H,8-11H2,1-6H3,(H,23,24)/b12-7+. The highest BCUT2D eigenvalue weighted by Crippen LogP contribution is 2.43. The molecular weight excluding hydrogens is 376 g/mol. The van der Waals surface area contributed by atoms with Crippen molar-refractivity contribution in [2.45, 2.75) is 60.5 Å². The summed E-state index contributed by atoms with van der Waals surface area (Å²) in [6.07, 6.45) is 2.62. The Morgan fingerprint density at radius 3 is 2.41 bits per heavy atom. The molecule has 0 fully saturated rings. The first-order valence-electron chi connectivity index (χ1n) is 9.46. The minimum Gasteiger partial charge on any atom is -0.496 e. The Hall–Kier alpha value is -2.83. The van der Waals surface area contributed by atoms with E-state index < -0.39 is 23.3 Å². The number of ether oxygens (including phenoxy) is 3. The van der Waals surface area contributed by atoms with Gasteiger partial charge >= 0.3 is 17.9 Å². The van der Waals surface area contributed by atoms with Crippen LogP contribution in [0.15, 0.2) is 11.6 Å². The molecule has 0 amide bonds. The number of allylic oxidation sites excluding steroid dienone is 2. The maximum atomic E-state index is 12.6. The second-order valence-electron chi connectivity index (χ2n) is 8.18. The summed E-state index contributed by atoms with van der Waals surface area (Å²) in [5.41, 5.74) is 2.35. The zero-order valence-electron chi connectivity index (χ0n) is 17.8. The van der Waals surface area contributed by atoms with E-state index in [0.717, 1.165) is 11.1 Å². The molecule has 1 heterocycles. The van der Waals surface area contributed by atoms with E-state index in [-0.39, 0.29) is 24.3 Å². The van der Waals surface area contributed by atoms with Crippen molar-refractivity contribution >= 4 is 17.9 Å². The average Bonchev–Trinajstić information content (AvgIpc) is 3.01. The van der Waals surface area contributed by atoms with Gasteiger partial charge in [-0.1, -0.05) is 11.6 Å². The van der Waals surface area contributed by atoms with Crippen LogP contribution in [0.3, 0.4) is 0 Å². The van der Waals surface area contributed by atoms with Crippen molar-refractivity contribution in [2.24, 2.45) is 5.41 Å². The van der Waals surface area contributed by atoms with Crippen molar-refractivity contribution in [3.63, 3.8) is 0 Å². The largest absolute Gasteiger partial charge is 0.496 e. The molecule has 7 heteroatoms. The Kier molecular flexibility index (Phi) is 6.72. The first kappa shape index (κ1) is 22.5. The summed E-state index contributed by atoms with van der Waals surface area (Å²) in [6, 6.07) is 0. The molecule has 0 unspecified atom stereocenters. The fourth-order valence-corrected chi connectivity index (χ4v) is 3.05. The van der Waals surface area contributed by atoms with E-state index in [0.29, 0.717) is 29.7 Å². The number of carbonyl (C=O) groups is 3. The molecule has 0 spiro atoms. The van der Waals surface area contributed by atoms with Crippen LogP contribution >= 0.6 is 0 Å². The lowest BCUT2D eigenvalue weighted by molar-refractivity contribution is -0.143. The number of methoxy groups -OCH3 is 1. The molecule has 2 rings (SSSR count). The zero-order chi connectivity index (χ0) is 21.9. The van der Waals surface area contributed by atoms with Crippen molar-refractivity contribution in [3.05, 3.63) is 33.9 Å². The smallest absolute Gasteiger partial charge is 0.342 e. The number of hydrogen-bond donors (Lipinski definition) is 1. The number of cyclic esters (lactones) is 1. The van der Waals surface area contributed by atoms with Crippen LogP contribution in [-0.2, 0) is 27.4 Å². The highest BCUT2D eigenvalue weighted by atomic mass is 16.6. The Morgan fingerprint density at radius 2 is 1.86 bits per heavy atom. The predicted octanol–water partition coefficient (Wildman–Crippen LogP) is 3.98. The topological polar surface area (TPSA) is 99.1 Å². The fourth-order valence-electron chi connectivity index (χ4n) is 3.05. The van der Waals surface area contributed by atoms with Crippen LogP contribution in [0.1, 0.15) is 67.6 Å². The van der Waals surface area contributed by atoms with E-state index >= 15 is 0 Å². The molecule has 0 saturated carbocycles. The van der Waals surface area contributed by atoms with E-state index in [1.165, 1.54) is 7.11 Å². The number of fused-ring (bicyclic) bond motifs is 1. The lowest BCUT2D eigenvalue weighted by Crippen LogP contribution is -2.27. The van der Waals surface area contributed by atoms with Crippen LogP contribution in [-0.4, -0.2) is 30.1 Å². The maximum absolute atomic E-state index is 12.6. The minimum absolute atomic E-state index is 0.0286. The van der Waals surface area contributed by atoms with Crippen molar-refractivity contribution in [1.82, 2.24) is 0 Å². The quantitative estimate of drug-likeness (QED) is 0.417. The van der Waals surface area contributed by atoms with Crippen LogP contribution in [0.4, 0.5) is 0 Å². The lowest BCUT2D eigenvalue weighted by atomic mass is 9.93. The lowest BCUT2D eigenvalue weighted by Gasteiger charge is -2.22. The van der Waals surface area contributed by atoms with Crippen LogP contribution in [0, 0.1) is 12.3 Å². The number of carboxylic acids is 1. The molecule has 0 atom stereocenters. The molecule has 1 aromatic rings. The Balaban J connectivity index is 2.57. The first-order valence-corrected chi connectivity index (χ1v) is 9.46. The second-order valence-corrected chi connectivity index (χ2v) is 8.18. The minimum atomic E-state index is -0.869. The number of rotatable bonds is 7. The van der Waals surface area contributed by atoms with E-state index in [1.54, 1.807) is 20.8 Å². The Labute approximate surface area is 170 Å². The molecular formula is C22H28O7. The average molecular weight is 404 g/mol. The van der Waals surface area contributed by atoms with Gasteiger partial charge < -0.3 is 19.3 Å². The third-order valence-electron chi connectivity index (χ3n) is 4.82. The van der Waals surface area contributed by atoms with Gasteiger partial charge in [-0.15, -0.1) is 0 Å². The number of carboxylic acid groups (broad SMARTS) is 1. The van der Waals surface area contributed by atoms with Crippen molar-refractivity contribution in [3.8, 4) is 11.5 Å². The maximum Gasteiger partial charge on any atom is 0.342 e. The monoisotopic (exact) mass is 404 g/mol. The van der Waals surface area contributed by atoms with Gasteiger partial charge in [-0.2, -0.15) is 0 Å². The number of benzene rings is 1. The molecule has 0 saturated heterocycles. The van der Waals surface area contributed by atoms with Gasteiger partial charge in [0.2, 0.25) is 0 Å². The molecule has 0 aromatic heterocycles. The van der Waals surface area contributed by atoms with Gasteiger partial charge in [0.25, 0.3) is 0 Å². The highest BCUT2D eigenvalue weighted by molar-refractivity contribution is 5.99. The summed E-state index contributed by atoms with van der Waals surface area (Å²) in [7, 11) is 1.52. The molecule has 7 nitrogen and oxygen atoms in total. The molecule has 1 aliphatic heterocycles. The molecule has 1 N–H and O–H groups in total. The third kappa shape index (κ3) is 4.96. The highest BCUT2D eigenvalue weighted by Gasteiger charge is 2.35. The van der Waals surface area contributed by atoms with Crippen LogP contribution in [0.2, 0.25) is 0 Å². The summed E-state index contributed by atoms with van der Waals surface area (Å²) in [5, 5.41) is 8.86. The molecule has 1 aliphatic rings. The van der Waals surface area contributed by atoms with Crippen molar-refractivity contribution in [1.29, 1.82) is 0 Å². The number of carbonyl (C=O) groups excluding carboxylic acids is 2. The summed E-state index contributed by atoms with van der Waals surface area (Å²) in [5.74, 6) is -1.19. The van der Waals surface area contributed by atoms with Gasteiger partial charge in [-0.3, -0.25) is 9.59 Å². The van der Waals surface area contributed by atoms with Crippen LogP contribution in [0.5, 0.6) is 11.5 Å². The molecule has 158 valence electrons. The molecule has 0 bridgehead atoms. The summed E-state index contributed by atoms with van der Waals surface area (Å²) >= 11 is 0. The van der Waals surface area contributed by atoms with Gasteiger partial charge in [0, 0.05) is 17.5 Å². The van der Waals surface area contributed by atoms with Crippen LogP contribution < -0.4 is 9.47 Å². The SMILES string of the molecule is COc1c(C)c2c(c(OC(=O)C(C)(C)C)c1C/C=C(\C)CCC(=O)O)C(=O)OC2. The summed E-state index contributed by atoms with van der Waals surface area (Å²) in [4.78, 5) is 35.8. The van der Waals surface area contributed by atoms with Gasteiger partial charge in [-0.05, 0) is 53.0 Å². The van der Waals surface area contributed by atoms with Gasteiger partial charge in [0.05, 0.1) is 12.5 Å². The van der Waals surface area contributed by atoms with Crippen molar-refractivity contribution < 1.29 is 33.7 Å². The molecule has 0 aliphatic carbocycles.